The standard InChI is InChI=1S/C14H9Cl3N2O/c1-20-14-9(3-2-8(19-14)6-7-18)12-10(15)4-5-11(16)13(12)17/h2-5H,6H2,1H3. The average Bonchev–Trinajstić information content (AvgIpc) is 2.45. The Morgan fingerprint density at radius 3 is 2.50 bits per heavy atom. The Kier molecular flexibility index (Phi) is 4.72. The van der Waals surface area contributed by atoms with Gasteiger partial charge in [0.05, 0.1) is 40.4 Å². The zero-order chi connectivity index (χ0) is 14.7. The lowest BCUT2D eigenvalue weighted by molar-refractivity contribution is 0.398. The van der Waals surface area contributed by atoms with E-state index in [-0.39, 0.29) is 6.42 Å². The van der Waals surface area contributed by atoms with Crippen LogP contribution in [0.25, 0.3) is 11.1 Å². The van der Waals surface area contributed by atoms with Gasteiger partial charge in [-0.25, -0.2) is 4.98 Å². The predicted molar refractivity (Wildman–Crippen MR) is 80.6 cm³/mol. The van der Waals surface area contributed by atoms with E-state index in [0.29, 0.717) is 37.8 Å². The molecule has 0 unspecified atom stereocenters. The van der Waals surface area contributed by atoms with Crippen LogP contribution in [0.5, 0.6) is 5.88 Å². The van der Waals surface area contributed by atoms with Crippen LogP contribution in [-0.2, 0) is 6.42 Å². The van der Waals surface area contributed by atoms with Crippen molar-refractivity contribution >= 4 is 34.8 Å². The highest BCUT2D eigenvalue weighted by atomic mass is 35.5. The van der Waals surface area contributed by atoms with Crippen LogP contribution in [0.1, 0.15) is 5.69 Å². The molecule has 1 aromatic carbocycles. The van der Waals surface area contributed by atoms with Gasteiger partial charge in [0.15, 0.2) is 0 Å². The van der Waals surface area contributed by atoms with Crippen LogP contribution in [0.4, 0.5) is 0 Å². The number of nitrogens with zero attached hydrogens (tertiary/aromatic N) is 2. The average molecular weight is 328 g/mol. The highest BCUT2D eigenvalue weighted by Crippen LogP contribution is 2.42. The quantitative estimate of drug-likeness (QED) is 0.762. The first-order valence-corrected chi connectivity index (χ1v) is 6.76. The van der Waals surface area contributed by atoms with Gasteiger partial charge in [-0.05, 0) is 24.3 Å². The van der Waals surface area contributed by atoms with Crippen LogP contribution in [0.15, 0.2) is 24.3 Å². The fourth-order valence-electron chi connectivity index (χ4n) is 1.78. The fraction of sp³-hybridized carbons (Fsp3) is 0.143. The second-order valence-corrected chi connectivity index (χ2v) is 5.10. The van der Waals surface area contributed by atoms with E-state index in [4.69, 9.17) is 44.8 Å². The second-order valence-electron chi connectivity index (χ2n) is 3.91. The monoisotopic (exact) mass is 326 g/mol. The molecule has 0 radical (unpaired) electrons. The smallest absolute Gasteiger partial charge is 0.221 e. The van der Waals surface area contributed by atoms with Crippen LogP contribution in [0, 0.1) is 11.3 Å². The van der Waals surface area contributed by atoms with Crippen molar-refractivity contribution in [3.63, 3.8) is 0 Å². The third-order valence-electron chi connectivity index (χ3n) is 2.68. The lowest BCUT2D eigenvalue weighted by atomic mass is 10.1. The van der Waals surface area contributed by atoms with E-state index >= 15 is 0 Å². The Morgan fingerprint density at radius 1 is 1.15 bits per heavy atom. The van der Waals surface area contributed by atoms with Crippen molar-refractivity contribution in [1.82, 2.24) is 4.98 Å². The largest absolute Gasteiger partial charge is 0.481 e. The van der Waals surface area contributed by atoms with Gasteiger partial charge in [0.1, 0.15) is 0 Å². The molecule has 0 spiro atoms. The van der Waals surface area contributed by atoms with E-state index < -0.39 is 0 Å². The summed E-state index contributed by atoms with van der Waals surface area (Å²) in [6.07, 6.45) is 0.202. The van der Waals surface area contributed by atoms with Crippen LogP contribution >= 0.6 is 34.8 Å². The number of nitriles is 1. The lowest BCUT2D eigenvalue weighted by Gasteiger charge is -2.12. The summed E-state index contributed by atoms with van der Waals surface area (Å²) in [6, 6.07) is 8.82. The van der Waals surface area contributed by atoms with Gasteiger partial charge < -0.3 is 4.74 Å². The molecule has 0 aliphatic rings. The van der Waals surface area contributed by atoms with E-state index in [1.807, 2.05) is 6.07 Å². The van der Waals surface area contributed by atoms with E-state index in [9.17, 15) is 0 Å². The number of methoxy groups -OCH3 is 1. The molecule has 0 amide bonds. The predicted octanol–water partition coefficient (Wildman–Crippen LogP) is 4.78. The molecule has 0 N–H and O–H groups in total. The van der Waals surface area contributed by atoms with Gasteiger partial charge in [-0.2, -0.15) is 5.26 Å². The molecule has 102 valence electrons. The molecule has 0 atom stereocenters. The van der Waals surface area contributed by atoms with Crippen LogP contribution in [-0.4, -0.2) is 12.1 Å². The second kappa shape index (κ2) is 6.32. The molecule has 0 bridgehead atoms. The topological polar surface area (TPSA) is 45.9 Å². The first kappa shape index (κ1) is 14.9. The highest BCUT2D eigenvalue weighted by Gasteiger charge is 2.17. The number of aromatic nitrogens is 1. The van der Waals surface area contributed by atoms with Gasteiger partial charge in [0.2, 0.25) is 5.88 Å². The van der Waals surface area contributed by atoms with Crippen molar-refractivity contribution in [2.45, 2.75) is 6.42 Å². The summed E-state index contributed by atoms with van der Waals surface area (Å²) >= 11 is 18.4. The Hall–Kier alpha value is -1.47. The summed E-state index contributed by atoms with van der Waals surface area (Å²) in [4.78, 5) is 4.26. The molecule has 20 heavy (non-hydrogen) atoms. The molecule has 0 aliphatic carbocycles. The maximum absolute atomic E-state index is 8.70. The number of ether oxygens (including phenoxy) is 1. The molecule has 1 aromatic heterocycles. The molecule has 3 nitrogen and oxygen atoms in total. The minimum absolute atomic E-state index is 0.202. The summed E-state index contributed by atoms with van der Waals surface area (Å²) in [5.41, 5.74) is 1.81. The van der Waals surface area contributed by atoms with Crippen molar-refractivity contribution in [2.75, 3.05) is 7.11 Å². The van der Waals surface area contributed by atoms with E-state index in [1.54, 1.807) is 24.3 Å². The number of pyridine rings is 1. The number of benzene rings is 1. The van der Waals surface area contributed by atoms with Crippen molar-refractivity contribution < 1.29 is 4.74 Å². The molecule has 0 aliphatic heterocycles. The third-order valence-corrected chi connectivity index (χ3v) is 3.80. The summed E-state index contributed by atoms with van der Waals surface area (Å²) in [6.45, 7) is 0. The number of hydrogen-bond acceptors (Lipinski definition) is 3. The lowest BCUT2D eigenvalue weighted by Crippen LogP contribution is -1.97. The number of hydrogen-bond donors (Lipinski definition) is 0. The van der Waals surface area contributed by atoms with Crippen molar-refractivity contribution in [2.24, 2.45) is 0 Å². The Bertz CT molecular complexity index is 696. The van der Waals surface area contributed by atoms with E-state index in [2.05, 4.69) is 4.98 Å². The summed E-state index contributed by atoms with van der Waals surface area (Å²) in [5, 5.41) is 9.89. The maximum Gasteiger partial charge on any atom is 0.221 e. The summed E-state index contributed by atoms with van der Waals surface area (Å²) < 4.78 is 5.26. The molecule has 0 saturated carbocycles. The van der Waals surface area contributed by atoms with E-state index in [1.165, 1.54) is 7.11 Å². The van der Waals surface area contributed by atoms with Gasteiger partial charge >= 0.3 is 0 Å². The zero-order valence-electron chi connectivity index (χ0n) is 10.5. The third kappa shape index (κ3) is 2.83. The van der Waals surface area contributed by atoms with Gasteiger partial charge in [0, 0.05) is 11.1 Å². The Labute approximate surface area is 131 Å². The van der Waals surface area contributed by atoms with Crippen molar-refractivity contribution in [3.8, 4) is 23.1 Å². The fourth-order valence-corrected chi connectivity index (χ4v) is 2.51. The van der Waals surface area contributed by atoms with Gasteiger partial charge in [-0.1, -0.05) is 34.8 Å². The molecular weight excluding hydrogens is 319 g/mol. The summed E-state index contributed by atoms with van der Waals surface area (Å²) in [7, 11) is 1.49. The Balaban J connectivity index is 2.65. The van der Waals surface area contributed by atoms with Gasteiger partial charge in [-0.3, -0.25) is 0 Å². The van der Waals surface area contributed by atoms with Gasteiger partial charge in [0.25, 0.3) is 0 Å². The Morgan fingerprint density at radius 2 is 1.85 bits per heavy atom. The molecule has 1 heterocycles. The van der Waals surface area contributed by atoms with Crippen molar-refractivity contribution in [1.29, 1.82) is 5.26 Å². The molecule has 6 heteroatoms. The van der Waals surface area contributed by atoms with Gasteiger partial charge in [-0.15, -0.1) is 0 Å². The molecular formula is C14H9Cl3N2O. The molecule has 0 saturated heterocycles. The first-order valence-electron chi connectivity index (χ1n) is 5.63. The summed E-state index contributed by atoms with van der Waals surface area (Å²) in [5.74, 6) is 0.351. The van der Waals surface area contributed by atoms with Crippen LogP contribution in [0.2, 0.25) is 15.1 Å². The van der Waals surface area contributed by atoms with Crippen LogP contribution < -0.4 is 4.74 Å². The highest BCUT2D eigenvalue weighted by molar-refractivity contribution is 6.46. The number of halogens is 3. The minimum atomic E-state index is 0.202. The maximum atomic E-state index is 8.70. The molecule has 2 rings (SSSR count). The molecule has 0 fully saturated rings. The SMILES string of the molecule is COc1nc(CC#N)ccc1-c1c(Cl)ccc(Cl)c1Cl. The van der Waals surface area contributed by atoms with Crippen molar-refractivity contribution in [3.05, 3.63) is 45.0 Å². The van der Waals surface area contributed by atoms with Crippen LogP contribution in [0.3, 0.4) is 0 Å². The zero-order valence-corrected chi connectivity index (χ0v) is 12.7. The molecule has 2 aromatic rings. The number of rotatable bonds is 3. The first-order chi connectivity index (χ1) is 9.58. The minimum Gasteiger partial charge on any atom is -0.481 e. The van der Waals surface area contributed by atoms with E-state index in [0.717, 1.165) is 0 Å². The normalized spacial score (nSPS) is 10.2.